The lowest BCUT2D eigenvalue weighted by Gasteiger charge is -2.19. The Kier molecular flexibility index (Phi) is 4.59. The molecule has 2 aromatic heterocycles. The Morgan fingerprint density at radius 2 is 2.13 bits per heavy atom. The molecule has 0 bridgehead atoms. The Bertz CT molecular complexity index is 1270. The molecule has 0 unspecified atom stereocenters. The molecule has 7 heteroatoms. The zero-order valence-corrected chi connectivity index (χ0v) is 16.6. The number of benzene rings is 2. The van der Waals surface area contributed by atoms with E-state index in [1.165, 1.54) is 6.07 Å². The molecule has 2 aromatic carbocycles. The van der Waals surface area contributed by atoms with Crippen molar-refractivity contribution in [1.29, 1.82) is 0 Å². The van der Waals surface area contributed by atoms with Crippen molar-refractivity contribution in [1.82, 2.24) is 19.4 Å². The van der Waals surface area contributed by atoms with Crippen LogP contribution in [-0.2, 0) is 13.1 Å². The number of halogens is 1. The van der Waals surface area contributed by atoms with Gasteiger partial charge in [0.1, 0.15) is 18.2 Å². The van der Waals surface area contributed by atoms with Crippen molar-refractivity contribution < 1.29 is 9.13 Å². The van der Waals surface area contributed by atoms with E-state index in [1.807, 2.05) is 12.3 Å². The van der Waals surface area contributed by atoms with Crippen LogP contribution in [0.2, 0.25) is 0 Å². The van der Waals surface area contributed by atoms with Crippen LogP contribution in [0.25, 0.3) is 16.6 Å². The SMILES string of the molecule is Cc1cc(-n2ccc3cc(F)ccc32)cc2c1OCCN(Cc1cnc(=O)[nH]c1)C2. The van der Waals surface area contributed by atoms with Gasteiger partial charge in [-0.15, -0.1) is 0 Å². The monoisotopic (exact) mass is 404 g/mol. The minimum absolute atomic E-state index is 0.237. The first kappa shape index (κ1) is 18.6. The predicted molar refractivity (Wildman–Crippen MR) is 112 cm³/mol. The van der Waals surface area contributed by atoms with Crippen LogP contribution in [-0.4, -0.2) is 32.6 Å². The molecule has 4 aromatic rings. The number of aromatic amines is 1. The summed E-state index contributed by atoms with van der Waals surface area (Å²) in [5.74, 6) is 0.683. The molecule has 30 heavy (non-hydrogen) atoms. The second kappa shape index (κ2) is 7.42. The number of aryl methyl sites for hydroxylation is 1. The summed E-state index contributed by atoms with van der Waals surface area (Å²) in [4.78, 5) is 19.9. The zero-order chi connectivity index (χ0) is 20.7. The standard InChI is InChI=1S/C23H21FN4O2/c1-15-8-20(28-5-4-17-9-19(24)2-3-21(17)28)10-18-14-27(6-7-30-22(15)18)13-16-11-25-23(29)26-12-16/h2-5,8-12H,6-7,13-14H2,1H3,(H,25,26,29). The van der Waals surface area contributed by atoms with E-state index < -0.39 is 0 Å². The summed E-state index contributed by atoms with van der Waals surface area (Å²) >= 11 is 0. The van der Waals surface area contributed by atoms with E-state index in [-0.39, 0.29) is 11.5 Å². The molecule has 0 spiro atoms. The summed E-state index contributed by atoms with van der Waals surface area (Å²) in [6, 6.07) is 11.0. The number of fused-ring (bicyclic) bond motifs is 2. The van der Waals surface area contributed by atoms with Gasteiger partial charge in [0.2, 0.25) is 0 Å². The van der Waals surface area contributed by atoms with Gasteiger partial charge in [0, 0.05) is 60.4 Å². The fourth-order valence-electron chi connectivity index (χ4n) is 4.07. The third-order valence-corrected chi connectivity index (χ3v) is 5.45. The lowest BCUT2D eigenvalue weighted by atomic mass is 10.1. The minimum atomic E-state index is -0.345. The van der Waals surface area contributed by atoms with Gasteiger partial charge < -0.3 is 14.3 Å². The lowest BCUT2D eigenvalue weighted by Crippen LogP contribution is -2.26. The molecule has 6 nitrogen and oxygen atoms in total. The summed E-state index contributed by atoms with van der Waals surface area (Å²) in [6.45, 7) is 4.80. The smallest absolute Gasteiger partial charge is 0.344 e. The van der Waals surface area contributed by atoms with Crippen LogP contribution in [0.1, 0.15) is 16.7 Å². The van der Waals surface area contributed by atoms with Gasteiger partial charge in [-0.25, -0.2) is 14.2 Å². The highest BCUT2D eigenvalue weighted by atomic mass is 19.1. The first-order valence-corrected chi connectivity index (χ1v) is 9.86. The number of ether oxygens (including phenoxy) is 1. The average molecular weight is 404 g/mol. The summed E-state index contributed by atoms with van der Waals surface area (Å²) < 4.78 is 21.7. The molecule has 0 saturated heterocycles. The first-order valence-electron chi connectivity index (χ1n) is 9.86. The highest BCUT2D eigenvalue weighted by Crippen LogP contribution is 2.32. The zero-order valence-electron chi connectivity index (χ0n) is 16.6. The van der Waals surface area contributed by atoms with E-state index in [4.69, 9.17) is 4.74 Å². The van der Waals surface area contributed by atoms with Gasteiger partial charge in [0.05, 0.1) is 5.52 Å². The van der Waals surface area contributed by atoms with E-state index in [2.05, 4.69) is 38.5 Å². The Labute approximate surface area is 172 Å². The van der Waals surface area contributed by atoms with Crippen LogP contribution in [0.4, 0.5) is 4.39 Å². The maximum atomic E-state index is 13.6. The number of aromatic nitrogens is 3. The van der Waals surface area contributed by atoms with E-state index in [0.29, 0.717) is 13.2 Å². The van der Waals surface area contributed by atoms with Crippen molar-refractivity contribution >= 4 is 10.9 Å². The second-order valence-electron chi connectivity index (χ2n) is 7.63. The first-order chi connectivity index (χ1) is 14.6. The Hall–Kier alpha value is -3.45. The van der Waals surface area contributed by atoms with Crippen molar-refractivity contribution in [2.75, 3.05) is 13.2 Å². The molecule has 1 aliphatic heterocycles. The number of nitrogens with one attached hydrogen (secondary N) is 1. The van der Waals surface area contributed by atoms with Crippen molar-refractivity contribution in [2.45, 2.75) is 20.0 Å². The quantitative estimate of drug-likeness (QED) is 0.567. The molecule has 0 aliphatic carbocycles. The van der Waals surface area contributed by atoms with Crippen LogP contribution in [0.5, 0.6) is 5.75 Å². The normalized spacial score (nSPS) is 14.3. The fourth-order valence-corrected chi connectivity index (χ4v) is 4.07. The molecule has 0 radical (unpaired) electrons. The van der Waals surface area contributed by atoms with Crippen LogP contribution < -0.4 is 10.4 Å². The molecule has 1 aliphatic rings. The van der Waals surface area contributed by atoms with Gasteiger partial charge >= 0.3 is 5.69 Å². The molecule has 1 N–H and O–H groups in total. The van der Waals surface area contributed by atoms with Crippen LogP contribution in [0, 0.1) is 12.7 Å². The van der Waals surface area contributed by atoms with E-state index in [1.54, 1.807) is 24.5 Å². The van der Waals surface area contributed by atoms with Crippen molar-refractivity contribution in [3.05, 3.63) is 88.0 Å². The summed E-state index contributed by atoms with van der Waals surface area (Å²) in [6.07, 6.45) is 5.28. The molecule has 3 heterocycles. The van der Waals surface area contributed by atoms with Gasteiger partial charge in [0.25, 0.3) is 0 Å². The van der Waals surface area contributed by atoms with Crippen LogP contribution in [0.3, 0.4) is 0 Å². The number of hydrogen-bond donors (Lipinski definition) is 1. The number of hydrogen-bond acceptors (Lipinski definition) is 4. The van der Waals surface area contributed by atoms with Crippen molar-refractivity contribution in [2.24, 2.45) is 0 Å². The summed E-state index contributed by atoms with van der Waals surface area (Å²) in [5, 5.41) is 0.867. The fraction of sp³-hybridized carbons (Fsp3) is 0.217. The summed E-state index contributed by atoms with van der Waals surface area (Å²) in [5.41, 5.74) is 4.75. The third kappa shape index (κ3) is 3.48. The number of nitrogens with zero attached hydrogens (tertiary/aromatic N) is 3. The molecule has 5 rings (SSSR count). The maximum absolute atomic E-state index is 13.6. The van der Waals surface area contributed by atoms with Gasteiger partial charge in [-0.2, -0.15) is 0 Å². The minimum Gasteiger partial charge on any atom is -0.492 e. The van der Waals surface area contributed by atoms with Crippen molar-refractivity contribution in [3.8, 4) is 11.4 Å². The Morgan fingerprint density at radius 3 is 2.97 bits per heavy atom. The molecular formula is C23H21FN4O2. The third-order valence-electron chi connectivity index (χ3n) is 5.45. The van der Waals surface area contributed by atoms with Crippen LogP contribution >= 0.6 is 0 Å². The van der Waals surface area contributed by atoms with Gasteiger partial charge in [-0.1, -0.05) is 0 Å². The molecule has 0 saturated carbocycles. The molecule has 152 valence electrons. The Morgan fingerprint density at radius 1 is 1.23 bits per heavy atom. The van der Waals surface area contributed by atoms with E-state index >= 15 is 0 Å². The Balaban J connectivity index is 1.50. The number of H-pyrrole nitrogens is 1. The van der Waals surface area contributed by atoms with E-state index in [0.717, 1.165) is 52.1 Å². The van der Waals surface area contributed by atoms with Gasteiger partial charge in [0.15, 0.2) is 0 Å². The highest BCUT2D eigenvalue weighted by Gasteiger charge is 2.19. The lowest BCUT2D eigenvalue weighted by molar-refractivity contribution is 0.219. The topological polar surface area (TPSA) is 63.1 Å². The van der Waals surface area contributed by atoms with Crippen molar-refractivity contribution in [3.63, 3.8) is 0 Å². The van der Waals surface area contributed by atoms with Gasteiger partial charge in [-0.3, -0.25) is 4.90 Å². The molecule has 0 fully saturated rings. The maximum Gasteiger partial charge on any atom is 0.344 e. The molecule has 0 amide bonds. The van der Waals surface area contributed by atoms with Crippen LogP contribution in [0.15, 0.2) is 59.8 Å². The predicted octanol–water partition coefficient (Wildman–Crippen LogP) is 3.56. The molecule has 0 atom stereocenters. The molecular weight excluding hydrogens is 383 g/mol. The van der Waals surface area contributed by atoms with E-state index in [9.17, 15) is 9.18 Å². The average Bonchev–Trinajstić information content (AvgIpc) is 3.02. The summed E-state index contributed by atoms with van der Waals surface area (Å²) in [7, 11) is 0. The number of rotatable bonds is 3. The second-order valence-corrected chi connectivity index (χ2v) is 7.63. The highest BCUT2D eigenvalue weighted by molar-refractivity contribution is 5.82. The largest absolute Gasteiger partial charge is 0.492 e. The van der Waals surface area contributed by atoms with Gasteiger partial charge in [-0.05, 0) is 48.9 Å².